The molecule has 0 saturated carbocycles. The molecule has 6 nitrogen and oxygen atoms in total. The molecule has 1 fully saturated rings. The summed E-state index contributed by atoms with van der Waals surface area (Å²) >= 11 is 0. The van der Waals surface area contributed by atoms with Crippen LogP contribution in [0.5, 0.6) is 0 Å². The van der Waals surface area contributed by atoms with Crippen LogP contribution in [0.15, 0.2) is 35.5 Å². The number of aromatic nitrogens is 4. The van der Waals surface area contributed by atoms with E-state index >= 15 is 0 Å². The minimum absolute atomic E-state index is 0.150. The smallest absolute Gasteiger partial charge is 0.356 e. The molecule has 3 rings (SSSR count). The fraction of sp³-hybridized carbons (Fsp3) is 0.385. The summed E-state index contributed by atoms with van der Waals surface area (Å²) in [6, 6.07) is 3.91. The van der Waals surface area contributed by atoms with Crippen LogP contribution in [-0.2, 0) is 12.7 Å². The van der Waals surface area contributed by atoms with Gasteiger partial charge in [0.05, 0.1) is 6.54 Å². The number of halogens is 3. The number of rotatable bonds is 3. The van der Waals surface area contributed by atoms with E-state index in [0.717, 1.165) is 12.4 Å². The van der Waals surface area contributed by atoms with Gasteiger partial charge in [0.2, 0.25) is 0 Å². The highest BCUT2D eigenvalue weighted by molar-refractivity contribution is 5.42. The zero-order chi connectivity index (χ0) is 15.7. The fourth-order valence-corrected chi connectivity index (χ4v) is 2.32. The molecule has 0 spiro atoms. The number of hydrogen-bond donors (Lipinski definition) is 0. The lowest BCUT2D eigenvalue weighted by atomic mass is 10.0. The summed E-state index contributed by atoms with van der Waals surface area (Å²) in [5.74, 6) is 0.392. The summed E-state index contributed by atoms with van der Waals surface area (Å²) in [6.07, 6.45) is -2.05. The molecule has 1 saturated heterocycles. The molecule has 2 aromatic heterocycles. The molecule has 0 N–H and O–H groups in total. The molecular weight excluding hydrogens is 299 g/mol. The van der Waals surface area contributed by atoms with Crippen molar-refractivity contribution in [1.82, 2.24) is 19.7 Å². The quantitative estimate of drug-likeness (QED) is 0.852. The first kappa shape index (κ1) is 14.5. The second-order valence-electron chi connectivity index (χ2n) is 5.07. The molecule has 0 unspecified atom stereocenters. The van der Waals surface area contributed by atoms with Crippen molar-refractivity contribution in [3.8, 4) is 0 Å². The lowest BCUT2D eigenvalue weighted by Crippen LogP contribution is -2.50. The van der Waals surface area contributed by atoms with E-state index in [1.807, 2.05) is 0 Å². The number of nitrogens with zero attached hydrogens (tertiary/aromatic N) is 5. The Balaban J connectivity index is 1.64. The molecular formula is C13H12F3N5O. The summed E-state index contributed by atoms with van der Waals surface area (Å²) in [7, 11) is 0. The normalized spacial score (nSPS) is 15.7. The third-order valence-electron chi connectivity index (χ3n) is 3.44. The third kappa shape index (κ3) is 2.92. The maximum absolute atomic E-state index is 12.6. The Morgan fingerprint density at radius 1 is 1.27 bits per heavy atom. The lowest BCUT2D eigenvalue weighted by Gasteiger charge is -2.40. The maximum Gasteiger partial charge on any atom is 0.433 e. The van der Waals surface area contributed by atoms with Crippen LogP contribution in [-0.4, -0.2) is 32.8 Å². The van der Waals surface area contributed by atoms with Gasteiger partial charge in [0, 0.05) is 37.3 Å². The summed E-state index contributed by atoms with van der Waals surface area (Å²) < 4.78 is 39.2. The summed E-state index contributed by atoms with van der Waals surface area (Å²) in [5, 5.41) is 3.96. The van der Waals surface area contributed by atoms with Crippen molar-refractivity contribution in [3.05, 3.63) is 46.8 Å². The zero-order valence-corrected chi connectivity index (χ0v) is 11.4. The molecule has 22 heavy (non-hydrogen) atoms. The molecule has 2 aromatic rings. The van der Waals surface area contributed by atoms with Crippen molar-refractivity contribution < 1.29 is 13.2 Å². The Morgan fingerprint density at radius 3 is 2.73 bits per heavy atom. The zero-order valence-electron chi connectivity index (χ0n) is 11.4. The first-order valence-corrected chi connectivity index (χ1v) is 6.60. The minimum Gasteiger partial charge on any atom is -0.356 e. The fourth-order valence-electron chi connectivity index (χ4n) is 2.32. The van der Waals surface area contributed by atoms with Crippen molar-refractivity contribution in [3.63, 3.8) is 0 Å². The Labute approximate surface area is 123 Å². The number of anilines is 1. The Hall–Kier alpha value is -2.45. The van der Waals surface area contributed by atoms with Gasteiger partial charge in [-0.15, -0.1) is 0 Å². The van der Waals surface area contributed by atoms with E-state index in [4.69, 9.17) is 0 Å². The topological polar surface area (TPSA) is 63.9 Å². The predicted octanol–water partition coefficient (Wildman–Crippen LogP) is 1.19. The Morgan fingerprint density at radius 2 is 2.05 bits per heavy atom. The molecule has 0 radical (unpaired) electrons. The third-order valence-corrected chi connectivity index (χ3v) is 3.44. The van der Waals surface area contributed by atoms with Gasteiger partial charge in [-0.3, -0.25) is 4.79 Å². The van der Waals surface area contributed by atoms with E-state index in [0.29, 0.717) is 19.6 Å². The molecule has 0 atom stereocenters. The first-order chi connectivity index (χ1) is 10.4. The molecule has 116 valence electrons. The van der Waals surface area contributed by atoms with Crippen molar-refractivity contribution >= 4 is 5.82 Å². The van der Waals surface area contributed by atoms with Gasteiger partial charge in [-0.25, -0.2) is 14.6 Å². The van der Waals surface area contributed by atoms with Gasteiger partial charge >= 0.3 is 6.18 Å². The van der Waals surface area contributed by atoms with Crippen LogP contribution in [0.2, 0.25) is 0 Å². The molecule has 0 amide bonds. The highest BCUT2D eigenvalue weighted by Gasteiger charge is 2.35. The summed E-state index contributed by atoms with van der Waals surface area (Å²) in [6.45, 7) is 1.49. The van der Waals surface area contributed by atoms with Crippen LogP contribution in [0.3, 0.4) is 0 Å². The standard InChI is InChI=1S/C13H12F3N5O/c14-13(15,16)10-4-11(18-8-17-10)20-5-9(6-20)7-21-12(22)2-1-3-19-21/h1-4,8-9H,5-7H2. The van der Waals surface area contributed by atoms with Gasteiger partial charge in [0.15, 0.2) is 0 Å². The molecule has 0 aromatic carbocycles. The second kappa shape index (κ2) is 5.39. The van der Waals surface area contributed by atoms with Gasteiger partial charge in [-0.05, 0) is 6.07 Å². The van der Waals surface area contributed by atoms with Crippen LogP contribution in [0.4, 0.5) is 19.0 Å². The van der Waals surface area contributed by atoms with Crippen LogP contribution < -0.4 is 10.5 Å². The van der Waals surface area contributed by atoms with E-state index < -0.39 is 11.9 Å². The second-order valence-corrected chi connectivity index (χ2v) is 5.07. The molecule has 0 bridgehead atoms. The summed E-state index contributed by atoms with van der Waals surface area (Å²) in [5.41, 5.74) is -1.15. The van der Waals surface area contributed by atoms with Crippen molar-refractivity contribution in [2.24, 2.45) is 5.92 Å². The Bertz CT molecular complexity index is 724. The van der Waals surface area contributed by atoms with Gasteiger partial charge in [0.1, 0.15) is 17.8 Å². The highest BCUT2D eigenvalue weighted by Crippen LogP contribution is 2.30. The molecule has 3 heterocycles. The SMILES string of the molecule is O=c1cccnn1CC1CN(c2cc(C(F)(F)F)ncn2)C1. The molecule has 9 heteroatoms. The van der Waals surface area contributed by atoms with Gasteiger partial charge < -0.3 is 4.90 Å². The summed E-state index contributed by atoms with van der Waals surface area (Å²) in [4.78, 5) is 20.4. The molecule has 0 aliphatic carbocycles. The average molecular weight is 311 g/mol. The number of hydrogen-bond acceptors (Lipinski definition) is 5. The molecule has 1 aliphatic rings. The monoisotopic (exact) mass is 311 g/mol. The average Bonchev–Trinajstić information content (AvgIpc) is 2.43. The minimum atomic E-state index is -4.48. The van der Waals surface area contributed by atoms with E-state index in [2.05, 4.69) is 15.1 Å². The molecule has 1 aliphatic heterocycles. The van der Waals surface area contributed by atoms with E-state index in [9.17, 15) is 18.0 Å². The van der Waals surface area contributed by atoms with Crippen molar-refractivity contribution in [2.45, 2.75) is 12.7 Å². The van der Waals surface area contributed by atoms with Crippen LogP contribution >= 0.6 is 0 Å². The predicted molar refractivity (Wildman–Crippen MR) is 71.2 cm³/mol. The van der Waals surface area contributed by atoms with E-state index in [1.54, 1.807) is 11.0 Å². The first-order valence-electron chi connectivity index (χ1n) is 6.60. The van der Waals surface area contributed by atoms with Crippen molar-refractivity contribution in [2.75, 3.05) is 18.0 Å². The lowest BCUT2D eigenvalue weighted by molar-refractivity contribution is -0.141. The van der Waals surface area contributed by atoms with Crippen LogP contribution in [0, 0.1) is 5.92 Å². The highest BCUT2D eigenvalue weighted by atomic mass is 19.4. The van der Waals surface area contributed by atoms with E-state index in [1.165, 1.54) is 16.9 Å². The largest absolute Gasteiger partial charge is 0.433 e. The maximum atomic E-state index is 12.6. The number of alkyl halides is 3. The Kier molecular flexibility index (Phi) is 3.55. The van der Waals surface area contributed by atoms with E-state index in [-0.39, 0.29) is 17.3 Å². The van der Waals surface area contributed by atoms with Crippen LogP contribution in [0.25, 0.3) is 0 Å². The van der Waals surface area contributed by atoms with Gasteiger partial charge in [-0.1, -0.05) is 0 Å². The van der Waals surface area contributed by atoms with Crippen molar-refractivity contribution in [1.29, 1.82) is 0 Å². The van der Waals surface area contributed by atoms with Gasteiger partial charge in [-0.2, -0.15) is 18.3 Å². The van der Waals surface area contributed by atoms with Crippen LogP contribution in [0.1, 0.15) is 5.69 Å². The van der Waals surface area contributed by atoms with Gasteiger partial charge in [0.25, 0.3) is 5.56 Å².